The van der Waals surface area contributed by atoms with E-state index in [1.165, 1.54) is 0 Å². The number of benzene rings is 1. The van der Waals surface area contributed by atoms with Crippen molar-refractivity contribution in [2.75, 3.05) is 6.61 Å². The Morgan fingerprint density at radius 2 is 2.00 bits per heavy atom. The molecule has 0 amide bonds. The van der Waals surface area contributed by atoms with Crippen LogP contribution in [0.2, 0.25) is 0 Å². The molecule has 1 aliphatic heterocycles. The number of rotatable bonds is 0. The van der Waals surface area contributed by atoms with Crippen molar-refractivity contribution >= 4 is 18.8 Å². The highest BCUT2D eigenvalue weighted by Gasteiger charge is 2.19. The van der Waals surface area contributed by atoms with Gasteiger partial charge in [-0.2, -0.15) is 0 Å². The molecule has 1 fully saturated rings. The van der Waals surface area contributed by atoms with Gasteiger partial charge in [0, 0.05) is 4.90 Å². The first kappa shape index (κ1) is 10.9. The summed E-state index contributed by atoms with van der Waals surface area (Å²) in [7, 11) is 0. The van der Waals surface area contributed by atoms with Crippen molar-refractivity contribution in [1.82, 2.24) is 0 Å². The Bertz CT molecular complexity index is 287. The molecular formula is C10H12O3S. The molecule has 0 aliphatic carbocycles. The number of ether oxygens (including phenoxy) is 2. The lowest BCUT2D eigenvalue weighted by Crippen LogP contribution is -2.01. The standard InChI is InChI=1S/C6H6S.C4H6O3/c7-6-4-2-1-3-5-6;1-3-2-6-4(5)7-3/h1-5,7H;3H,2H2,1H3. The van der Waals surface area contributed by atoms with Crippen molar-refractivity contribution in [3.8, 4) is 0 Å². The summed E-state index contributed by atoms with van der Waals surface area (Å²) in [6.07, 6.45) is -0.597. The Labute approximate surface area is 88.4 Å². The van der Waals surface area contributed by atoms with Crippen LogP contribution in [-0.2, 0) is 9.47 Å². The fourth-order valence-corrected chi connectivity index (χ4v) is 1.02. The Morgan fingerprint density at radius 1 is 1.36 bits per heavy atom. The number of cyclic esters (lactones) is 2. The summed E-state index contributed by atoms with van der Waals surface area (Å²) in [6, 6.07) is 9.79. The summed E-state index contributed by atoms with van der Waals surface area (Å²) in [4.78, 5) is 11.0. The van der Waals surface area contributed by atoms with Gasteiger partial charge < -0.3 is 9.47 Å². The van der Waals surface area contributed by atoms with Gasteiger partial charge in [-0.15, -0.1) is 12.6 Å². The predicted molar refractivity (Wildman–Crippen MR) is 55.6 cm³/mol. The normalized spacial score (nSPS) is 19.0. The van der Waals surface area contributed by atoms with Crippen molar-refractivity contribution in [2.45, 2.75) is 17.9 Å². The van der Waals surface area contributed by atoms with Crippen LogP contribution in [-0.4, -0.2) is 18.9 Å². The van der Waals surface area contributed by atoms with Crippen molar-refractivity contribution in [3.63, 3.8) is 0 Å². The van der Waals surface area contributed by atoms with E-state index in [0.717, 1.165) is 4.90 Å². The van der Waals surface area contributed by atoms with Gasteiger partial charge in [-0.1, -0.05) is 18.2 Å². The highest BCUT2D eigenvalue weighted by molar-refractivity contribution is 7.80. The van der Waals surface area contributed by atoms with E-state index >= 15 is 0 Å². The number of carbonyl (C=O) groups is 1. The van der Waals surface area contributed by atoms with Crippen LogP contribution >= 0.6 is 12.6 Å². The molecule has 1 saturated heterocycles. The van der Waals surface area contributed by atoms with Gasteiger partial charge in [0.25, 0.3) is 0 Å². The second kappa shape index (κ2) is 5.54. The first-order valence-electron chi connectivity index (χ1n) is 4.26. The molecule has 2 rings (SSSR count). The van der Waals surface area contributed by atoms with E-state index < -0.39 is 6.16 Å². The van der Waals surface area contributed by atoms with Crippen LogP contribution in [0, 0.1) is 0 Å². The first-order chi connectivity index (χ1) is 6.68. The molecule has 4 heteroatoms. The smallest absolute Gasteiger partial charge is 0.430 e. The van der Waals surface area contributed by atoms with E-state index in [2.05, 4.69) is 22.1 Å². The molecule has 1 aliphatic rings. The van der Waals surface area contributed by atoms with Gasteiger partial charge in [0.05, 0.1) is 0 Å². The molecule has 0 radical (unpaired) electrons. The van der Waals surface area contributed by atoms with E-state index in [-0.39, 0.29) is 6.10 Å². The monoisotopic (exact) mass is 212 g/mol. The zero-order chi connectivity index (χ0) is 10.4. The minimum atomic E-state index is -0.549. The largest absolute Gasteiger partial charge is 0.508 e. The minimum Gasteiger partial charge on any atom is -0.430 e. The molecule has 3 nitrogen and oxygen atoms in total. The summed E-state index contributed by atoms with van der Waals surface area (Å²) in [5, 5.41) is 0. The number of thiol groups is 1. The summed E-state index contributed by atoms with van der Waals surface area (Å²) in [5.41, 5.74) is 0. The zero-order valence-corrected chi connectivity index (χ0v) is 8.74. The highest BCUT2D eigenvalue weighted by atomic mass is 32.1. The average Bonchev–Trinajstić information content (AvgIpc) is 2.52. The zero-order valence-electron chi connectivity index (χ0n) is 7.84. The van der Waals surface area contributed by atoms with Crippen LogP contribution in [0.3, 0.4) is 0 Å². The van der Waals surface area contributed by atoms with Crippen molar-refractivity contribution in [3.05, 3.63) is 30.3 Å². The average molecular weight is 212 g/mol. The highest BCUT2D eigenvalue weighted by Crippen LogP contribution is 2.03. The van der Waals surface area contributed by atoms with E-state index in [4.69, 9.17) is 0 Å². The van der Waals surface area contributed by atoms with Gasteiger partial charge in [0.1, 0.15) is 12.7 Å². The van der Waals surface area contributed by atoms with Crippen molar-refractivity contribution in [1.29, 1.82) is 0 Å². The van der Waals surface area contributed by atoms with Crippen LogP contribution in [0.4, 0.5) is 4.79 Å². The maximum atomic E-state index is 10.0. The molecule has 1 unspecified atom stereocenters. The Balaban J connectivity index is 0.000000140. The van der Waals surface area contributed by atoms with Crippen LogP contribution in [0.1, 0.15) is 6.92 Å². The van der Waals surface area contributed by atoms with E-state index in [9.17, 15) is 4.79 Å². The lowest BCUT2D eigenvalue weighted by Gasteiger charge is -1.90. The summed E-state index contributed by atoms with van der Waals surface area (Å²) in [6.45, 7) is 2.18. The maximum absolute atomic E-state index is 10.0. The molecule has 76 valence electrons. The Morgan fingerprint density at radius 3 is 2.21 bits per heavy atom. The van der Waals surface area contributed by atoms with E-state index in [1.807, 2.05) is 30.3 Å². The molecule has 0 spiro atoms. The van der Waals surface area contributed by atoms with Crippen molar-refractivity contribution in [2.24, 2.45) is 0 Å². The van der Waals surface area contributed by atoms with Crippen LogP contribution in [0.25, 0.3) is 0 Å². The van der Waals surface area contributed by atoms with Gasteiger partial charge in [0.15, 0.2) is 0 Å². The predicted octanol–water partition coefficient (Wildman–Crippen LogP) is 2.52. The Kier molecular flexibility index (Phi) is 4.32. The lowest BCUT2D eigenvalue weighted by molar-refractivity contribution is 0.121. The van der Waals surface area contributed by atoms with Crippen molar-refractivity contribution < 1.29 is 14.3 Å². The molecule has 14 heavy (non-hydrogen) atoms. The third-order valence-electron chi connectivity index (χ3n) is 1.49. The quantitative estimate of drug-likeness (QED) is 0.530. The van der Waals surface area contributed by atoms with Crippen LogP contribution in [0.5, 0.6) is 0 Å². The molecule has 0 aromatic heterocycles. The number of hydrogen-bond acceptors (Lipinski definition) is 4. The molecular weight excluding hydrogens is 200 g/mol. The van der Waals surface area contributed by atoms with Crippen LogP contribution in [0.15, 0.2) is 35.2 Å². The summed E-state index contributed by atoms with van der Waals surface area (Å²) >= 11 is 4.08. The van der Waals surface area contributed by atoms with Gasteiger partial charge in [-0.25, -0.2) is 4.79 Å². The molecule has 1 aromatic carbocycles. The second-order valence-corrected chi connectivity index (χ2v) is 3.34. The molecule has 0 saturated carbocycles. The van der Waals surface area contributed by atoms with Gasteiger partial charge in [0.2, 0.25) is 0 Å². The Hall–Kier alpha value is -1.16. The van der Waals surface area contributed by atoms with E-state index in [1.54, 1.807) is 6.92 Å². The SMILES string of the molecule is CC1COC(=O)O1.Sc1ccccc1. The second-order valence-electron chi connectivity index (χ2n) is 2.83. The molecule has 1 heterocycles. The van der Waals surface area contributed by atoms with E-state index in [0.29, 0.717) is 6.61 Å². The van der Waals surface area contributed by atoms with Gasteiger partial charge >= 0.3 is 6.16 Å². The number of hydrogen-bond donors (Lipinski definition) is 1. The summed E-state index contributed by atoms with van der Waals surface area (Å²) < 4.78 is 8.90. The topological polar surface area (TPSA) is 35.5 Å². The minimum absolute atomic E-state index is 0.0486. The van der Waals surface area contributed by atoms with Gasteiger partial charge in [-0.05, 0) is 19.1 Å². The fourth-order valence-electron chi connectivity index (χ4n) is 0.846. The first-order valence-corrected chi connectivity index (χ1v) is 4.70. The molecule has 0 N–H and O–H groups in total. The fraction of sp³-hybridized carbons (Fsp3) is 0.300. The maximum Gasteiger partial charge on any atom is 0.508 e. The van der Waals surface area contributed by atoms with Gasteiger partial charge in [-0.3, -0.25) is 0 Å². The third-order valence-corrected chi connectivity index (χ3v) is 1.79. The third kappa shape index (κ3) is 4.18. The molecule has 0 bridgehead atoms. The molecule has 1 aromatic rings. The van der Waals surface area contributed by atoms with Crippen LogP contribution < -0.4 is 0 Å². The lowest BCUT2D eigenvalue weighted by atomic mass is 10.4. The number of carbonyl (C=O) groups excluding carboxylic acids is 1. The summed E-state index contributed by atoms with van der Waals surface area (Å²) in [5.74, 6) is 0. The molecule has 1 atom stereocenters.